The summed E-state index contributed by atoms with van der Waals surface area (Å²) in [5.74, 6) is -1.87. The van der Waals surface area contributed by atoms with E-state index in [1.165, 1.54) is 7.11 Å². The van der Waals surface area contributed by atoms with Crippen molar-refractivity contribution in [2.24, 2.45) is 0 Å². The molecule has 2 N–H and O–H groups in total. The molecule has 1 amide bonds. The number of nitrogens with one attached hydrogen (secondary N) is 1. The first-order valence-electron chi connectivity index (χ1n) is 9.59. The number of rotatable bonds is 7. The van der Waals surface area contributed by atoms with Gasteiger partial charge in [0.2, 0.25) is 17.3 Å². The highest BCUT2D eigenvalue weighted by molar-refractivity contribution is 6.23. The van der Waals surface area contributed by atoms with Crippen molar-refractivity contribution in [3.63, 3.8) is 0 Å². The summed E-state index contributed by atoms with van der Waals surface area (Å²) in [6.07, 6.45) is 4.02. The molecule has 1 spiro atoms. The quantitative estimate of drug-likeness (QED) is 0.413. The van der Waals surface area contributed by atoms with E-state index < -0.39 is 34.9 Å². The maximum atomic E-state index is 13.1. The Morgan fingerprint density at radius 1 is 1.28 bits per heavy atom. The lowest BCUT2D eigenvalue weighted by Crippen LogP contribution is -2.60. The van der Waals surface area contributed by atoms with Gasteiger partial charge < -0.3 is 19.9 Å². The number of hydrogen-bond donors (Lipinski definition) is 2. The highest BCUT2D eigenvalue weighted by atomic mass is 16.6. The molecule has 154 valence electrons. The number of aliphatic hydroxyl groups excluding tert-OH is 1. The molecule has 1 aromatic carbocycles. The Labute approximate surface area is 169 Å². The molecule has 2 aliphatic heterocycles. The van der Waals surface area contributed by atoms with E-state index in [4.69, 9.17) is 9.47 Å². The summed E-state index contributed by atoms with van der Waals surface area (Å²) in [6.45, 7) is 3.57. The molecule has 2 aliphatic rings. The summed E-state index contributed by atoms with van der Waals surface area (Å²) < 4.78 is 11.1. The largest absolute Gasteiger partial charge is 0.470 e. The maximum Gasteiger partial charge on any atom is 0.278 e. The third kappa shape index (κ3) is 3.10. The van der Waals surface area contributed by atoms with E-state index in [1.54, 1.807) is 37.3 Å². The minimum atomic E-state index is -2.23. The van der Waals surface area contributed by atoms with Gasteiger partial charge in [0.1, 0.15) is 5.76 Å². The van der Waals surface area contributed by atoms with E-state index >= 15 is 0 Å². The number of allylic oxidation sites excluding steroid dienone is 3. The molecule has 3 rings (SSSR count). The summed E-state index contributed by atoms with van der Waals surface area (Å²) in [7, 11) is 1.19. The van der Waals surface area contributed by atoms with Gasteiger partial charge in [-0.25, -0.2) is 0 Å². The van der Waals surface area contributed by atoms with Crippen LogP contribution in [0.25, 0.3) is 0 Å². The van der Waals surface area contributed by atoms with Gasteiger partial charge in [-0.2, -0.15) is 0 Å². The highest BCUT2D eigenvalue weighted by Crippen LogP contribution is 2.44. The third-order valence-corrected chi connectivity index (χ3v) is 5.42. The van der Waals surface area contributed by atoms with Gasteiger partial charge in [-0.3, -0.25) is 14.4 Å². The van der Waals surface area contributed by atoms with Crippen LogP contribution in [0.2, 0.25) is 0 Å². The van der Waals surface area contributed by atoms with E-state index in [1.807, 2.05) is 19.1 Å². The lowest BCUT2D eigenvalue weighted by atomic mass is 9.85. The Morgan fingerprint density at radius 3 is 2.59 bits per heavy atom. The molecule has 0 aromatic heterocycles. The molecular formula is C22H25NO6. The third-order valence-electron chi connectivity index (χ3n) is 5.42. The number of methoxy groups -OCH3 is 1. The van der Waals surface area contributed by atoms with Crippen molar-refractivity contribution in [1.82, 2.24) is 5.32 Å². The molecule has 0 radical (unpaired) electrons. The van der Waals surface area contributed by atoms with Crippen LogP contribution in [0.5, 0.6) is 0 Å². The summed E-state index contributed by atoms with van der Waals surface area (Å²) in [4.78, 5) is 39.1. The second-order valence-electron chi connectivity index (χ2n) is 7.12. The van der Waals surface area contributed by atoms with Crippen molar-refractivity contribution in [1.29, 1.82) is 0 Å². The normalized spacial score (nSPS) is 29.0. The summed E-state index contributed by atoms with van der Waals surface area (Å²) in [5, 5.41) is 13.5. The number of hydrogen-bond acceptors (Lipinski definition) is 6. The minimum absolute atomic E-state index is 0.228. The monoisotopic (exact) mass is 399 g/mol. The first-order valence-corrected chi connectivity index (χ1v) is 9.59. The number of carbonyl (C=O) groups is 3. The Kier molecular flexibility index (Phi) is 5.73. The molecule has 0 aliphatic carbocycles. The molecule has 0 saturated carbocycles. The van der Waals surface area contributed by atoms with Gasteiger partial charge >= 0.3 is 0 Å². The fourth-order valence-electron chi connectivity index (χ4n) is 3.77. The molecule has 1 aromatic rings. The van der Waals surface area contributed by atoms with E-state index in [9.17, 15) is 19.5 Å². The van der Waals surface area contributed by atoms with Crippen molar-refractivity contribution in [3.8, 4) is 0 Å². The second-order valence-corrected chi connectivity index (χ2v) is 7.12. The summed E-state index contributed by atoms with van der Waals surface area (Å²) in [6, 6.07) is 8.12. The lowest BCUT2D eigenvalue weighted by molar-refractivity contribution is -0.160. The van der Waals surface area contributed by atoms with Crippen LogP contribution in [-0.4, -0.2) is 47.1 Å². The van der Waals surface area contributed by atoms with Crippen LogP contribution in [0.3, 0.4) is 0 Å². The number of benzene rings is 1. The average Bonchev–Trinajstić information content (AvgIpc) is 3.13. The van der Waals surface area contributed by atoms with Crippen LogP contribution in [0.4, 0.5) is 0 Å². The number of Topliss-reactive ketones (excluding diaryl/α,β-unsaturated/α-hetero) is 2. The van der Waals surface area contributed by atoms with Gasteiger partial charge in [-0.15, -0.1) is 0 Å². The lowest BCUT2D eigenvalue weighted by Gasteiger charge is -2.32. The SMILES string of the molecule is CC/C=C/CCC1=C(C)C(=O)[C@]2(O1)C(=O)N[C@](OC)(C(=O)c1ccccc1)[C@@H]2O. The topological polar surface area (TPSA) is 102 Å². The minimum Gasteiger partial charge on any atom is -0.470 e. The van der Waals surface area contributed by atoms with Crippen molar-refractivity contribution < 1.29 is 29.0 Å². The fraction of sp³-hybridized carbons (Fsp3) is 0.409. The number of amides is 1. The van der Waals surface area contributed by atoms with Crippen LogP contribution >= 0.6 is 0 Å². The zero-order valence-corrected chi connectivity index (χ0v) is 16.7. The van der Waals surface area contributed by atoms with Gasteiger partial charge in [0.15, 0.2) is 6.10 Å². The first kappa shape index (κ1) is 21.0. The van der Waals surface area contributed by atoms with Crippen LogP contribution in [0.15, 0.2) is 53.8 Å². The van der Waals surface area contributed by atoms with Crippen molar-refractivity contribution in [3.05, 3.63) is 59.4 Å². The Balaban J connectivity index is 1.94. The van der Waals surface area contributed by atoms with Crippen molar-refractivity contribution >= 4 is 17.5 Å². The maximum absolute atomic E-state index is 13.1. The molecule has 7 heteroatoms. The number of aliphatic hydroxyl groups is 1. The number of carbonyl (C=O) groups excluding carboxylic acids is 3. The summed E-state index contributed by atoms with van der Waals surface area (Å²) in [5.41, 5.74) is -3.85. The van der Waals surface area contributed by atoms with Crippen molar-refractivity contribution in [2.45, 2.75) is 50.5 Å². The predicted molar refractivity (Wildman–Crippen MR) is 105 cm³/mol. The molecular weight excluding hydrogens is 374 g/mol. The summed E-state index contributed by atoms with van der Waals surface area (Å²) >= 11 is 0. The van der Waals surface area contributed by atoms with Gasteiger partial charge in [-0.05, 0) is 19.8 Å². The average molecular weight is 399 g/mol. The molecule has 1 fully saturated rings. The van der Waals surface area contributed by atoms with Gasteiger partial charge in [0.25, 0.3) is 11.5 Å². The number of ketones is 2. The smallest absolute Gasteiger partial charge is 0.278 e. The van der Waals surface area contributed by atoms with E-state index in [-0.39, 0.29) is 11.1 Å². The van der Waals surface area contributed by atoms with Crippen molar-refractivity contribution in [2.75, 3.05) is 7.11 Å². The number of ether oxygens (including phenoxy) is 2. The molecule has 3 atom stereocenters. The highest BCUT2D eigenvalue weighted by Gasteiger charge is 2.73. The van der Waals surface area contributed by atoms with E-state index in [0.717, 1.165) is 6.42 Å². The Hall–Kier alpha value is -2.77. The van der Waals surface area contributed by atoms with Crippen LogP contribution in [0.1, 0.15) is 43.5 Å². The van der Waals surface area contributed by atoms with Crippen LogP contribution in [-0.2, 0) is 19.1 Å². The van der Waals surface area contributed by atoms with Gasteiger partial charge in [-0.1, -0.05) is 49.4 Å². The molecule has 29 heavy (non-hydrogen) atoms. The molecule has 2 heterocycles. The molecule has 1 saturated heterocycles. The zero-order chi connectivity index (χ0) is 21.2. The Bertz CT molecular complexity index is 890. The van der Waals surface area contributed by atoms with E-state index in [0.29, 0.717) is 18.6 Å². The zero-order valence-electron chi connectivity index (χ0n) is 16.7. The molecule has 7 nitrogen and oxygen atoms in total. The fourth-order valence-corrected chi connectivity index (χ4v) is 3.77. The Morgan fingerprint density at radius 2 is 1.97 bits per heavy atom. The van der Waals surface area contributed by atoms with Crippen LogP contribution < -0.4 is 5.32 Å². The van der Waals surface area contributed by atoms with E-state index in [2.05, 4.69) is 5.32 Å². The molecule has 0 unspecified atom stereocenters. The first-order chi connectivity index (χ1) is 13.8. The van der Waals surface area contributed by atoms with Gasteiger partial charge in [0.05, 0.1) is 0 Å². The predicted octanol–water partition coefficient (Wildman–Crippen LogP) is 2.06. The molecule has 0 bridgehead atoms. The second kappa shape index (κ2) is 7.93. The standard InChI is InChI=1S/C22H25NO6/c1-4-5-6-10-13-16-14(2)17(24)21(29-16)19(26)22(28-3,23-20(21)27)18(25)15-11-8-7-9-12-15/h5-9,11-12,19,26H,4,10,13H2,1-3H3,(H,23,27)/b6-5+/t19-,21-,22+/m1/s1. The van der Waals surface area contributed by atoms with Gasteiger partial charge in [0, 0.05) is 24.7 Å². The van der Waals surface area contributed by atoms with Crippen LogP contribution in [0, 0.1) is 0 Å².